The minimum absolute atomic E-state index is 0.0287. The molecule has 4 heteroatoms. The molecule has 0 N–H and O–H groups in total. The highest BCUT2D eigenvalue weighted by Crippen LogP contribution is 2.35. The summed E-state index contributed by atoms with van der Waals surface area (Å²) in [5.74, 6) is 1.63. The lowest BCUT2D eigenvalue weighted by atomic mass is 9.90. The van der Waals surface area contributed by atoms with Gasteiger partial charge in [-0.25, -0.2) is 0 Å². The van der Waals surface area contributed by atoms with Gasteiger partial charge in [0.15, 0.2) is 0 Å². The van der Waals surface area contributed by atoms with E-state index >= 15 is 0 Å². The Hall–Kier alpha value is -1.03. The molecule has 3 atom stereocenters. The molecule has 2 heterocycles. The van der Waals surface area contributed by atoms with Crippen LogP contribution in [0.15, 0.2) is 24.3 Å². The van der Waals surface area contributed by atoms with E-state index in [0.29, 0.717) is 17.4 Å². The summed E-state index contributed by atoms with van der Waals surface area (Å²) in [6, 6.07) is 7.94. The van der Waals surface area contributed by atoms with Gasteiger partial charge in [0.1, 0.15) is 5.75 Å². The second-order valence-corrected chi connectivity index (χ2v) is 6.97. The van der Waals surface area contributed by atoms with Crippen molar-refractivity contribution < 1.29 is 9.53 Å². The lowest BCUT2D eigenvalue weighted by molar-refractivity contribution is -0.135. The Kier molecular flexibility index (Phi) is 4.01. The topological polar surface area (TPSA) is 29.5 Å². The summed E-state index contributed by atoms with van der Waals surface area (Å²) >= 11 is 3.69. The number of nitrogens with zero attached hydrogens (tertiary/aromatic N) is 1. The van der Waals surface area contributed by atoms with Crippen LogP contribution in [0.3, 0.4) is 0 Å². The molecule has 0 radical (unpaired) electrons. The van der Waals surface area contributed by atoms with Crippen molar-refractivity contribution in [3.8, 4) is 5.75 Å². The number of ether oxygens (including phenoxy) is 1. The molecule has 3 unspecified atom stereocenters. The van der Waals surface area contributed by atoms with Gasteiger partial charge in [-0.05, 0) is 24.8 Å². The van der Waals surface area contributed by atoms with Crippen LogP contribution >= 0.6 is 15.9 Å². The number of hydrogen-bond donors (Lipinski definition) is 0. The molecule has 108 valence electrons. The Balaban J connectivity index is 1.78. The van der Waals surface area contributed by atoms with Crippen molar-refractivity contribution in [1.29, 1.82) is 0 Å². The zero-order chi connectivity index (χ0) is 14.1. The number of carbonyl (C=O) groups excluding carboxylic acids is 1. The number of hydrogen-bond acceptors (Lipinski definition) is 2. The van der Waals surface area contributed by atoms with E-state index < -0.39 is 0 Å². The van der Waals surface area contributed by atoms with Gasteiger partial charge in [-0.3, -0.25) is 4.79 Å². The smallest absolute Gasteiger partial charge is 0.230 e. The fraction of sp³-hybridized carbons (Fsp3) is 0.562. The minimum Gasteiger partial charge on any atom is -0.493 e. The molecule has 1 saturated heterocycles. The summed E-state index contributed by atoms with van der Waals surface area (Å²) in [5.41, 5.74) is 1.05. The Bertz CT molecular complexity index is 505. The highest BCUT2D eigenvalue weighted by molar-refractivity contribution is 9.09. The minimum atomic E-state index is -0.0287. The third-order valence-electron chi connectivity index (χ3n) is 4.37. The Labute approximate surface area is 128 Å². The van der Waals surface area contributed by atoms with Crippen LogP contribution in [0.4, 0.5) is 0 Å². The number of benzene rings is 1. The highest BCUT2D eigenvalue weighted by Gasteiger charge is 2.34. The van der Waals surface area contributed by atoms with Gasteiger partial charge in [-0.15, -0.1) is 0 Å². The molecule has 1 amide bonds. The third-order valence-corrected chi connectivity index (χ3v) is 5.73. The molecular weight excluding hydrogens is 318 g/mol. The van der Waals surface area contributed by atoms with Gasteiger partial charge in [0, 0.05) is 23.5 Å². The quantitative estimate of drug-likeness (QED) is 0.736. The summed E-state index contributed by atoms with van der Waals surface area (Å²) in [5, 5.41) is 0. The second kappa shape index (κ2) is 5.76. The summed E-state index contributed by atoms with van der Waals surface area (Å²) in [6.07, 6.45) is 1.83. The zero-order valence-corrected chi connectivity index (χ0v) is 13.3. The largest absolute Gasteiger partial charge is 0.493 e. The summed E-state index contributed by atoms with van der Waals surface area (Å²) in [7, 11) is 0. The molecule has 1 fully saturated rings. The number of alkyl halides is 1. The van der Waals surface area contributed by atoms with Crippen molar-refractivity contribution in [3.05, 3.63) is 29.8 Å². The highest BCUT2D eigenvalue weighted by atomic mass is 79.9. The van der Waals surface area contributed by atoms with E-state index in [-0.39, 0.29) is 11.8 Å². The van der Waals surface area contributed by atoms with Crippen LogP contribution in [0.5, 0.6) is 5.75 Å². The van der Waals surface area contributed by atoms with Gasteiger partial charge in [0.25, 0.3) is 0 Å². The maximum absolute atomic E-state index is 12.8. The van der Waals surface area contributed by atoms with Gasteiger partial charge in [0.2, 0.25) is 5.91 Å². The summed E-state index contributed by atoms with van der Waals surface area (Å²) < 4.78 is 5.65. The maximum Gasteiger partial charge on any atom is 0.230 e. The van der Waals surface area contributed by atoms with Crippen LogP contribution in [-0.2, 0) is 4.79 Å². The first kappa shape index (κ1) is 13.9. The second-order valence-electron chi connectivity index (χ2n) is 5.79. The summed E-state index contributed by atoms with van der Waals surface area (Å²) in [4.78, 5) is 15.4. The first-order valence-electron chi connectivity index (χ1n) is 7.31. The first-order valence-corrected chi connectivity index (χ1v) is 8.23. The molecule has 3 nitrogen and oxygen atoms in total. The lowest BCUT2D eigenvalue weighted by Gasteiger charge is -2.37. The molecular formula is C16H20BrNO2. The monoisotopic (exact) mass is 337 g/mol. The summed E-state index contributed by atoms with van der Waals surface area (Å²) in [6.45, 7) is 4.56. The van der Waals surface area contributed by atoms with Crippen LogP contribution in [0.1, 0.15) is 31.2 Å². The van der Waals surface area contributed by atoms with Gasteiger partial charge in [0.05, 0.1) is 12.5 Å². The van der Waals surface area contributed by atoms with Gasteiger partial charge in [-0.1, -0.05) is 41.1 Å². The van der Waals surface area contributed by atoms with E-state index in [4.69, 9.17) is 4.74 Å². The molecule has 2 aliphatic heterocycles. The van der Waals surface area contributed by atoms with E-state index in [1.165, 1.54) is 0 Å². The van der Waals surface area contributed by atoms with Crippen molar-refractivity contribution in [1.82, 2.24) is 4.90 Å². The van der Waals surface area contributed by atoms with Crippen LogP contribution in [0.2, 0.25) is 0 Å². The van der Waals surface area contributed by atoms with Crippen LogP contribution < -0.4 is 4.74 Å². The zero-order valence-electron chi connectivity index (χ0n) is 11.7. The van der Waals surface area contributed by atoms with Crippen molar-refractivity contribution >= 4 is 21.8 Å². The Morgan fingerprint density at radius 3 is 2.95 bits per heavy atom. The molecule has 3 rings (SSSR count). The molecule has 0 aliphatic carbocycles. The molecule has 0 spiro atoms. The van der Waals surface area contributed by atoms with Crippen molar-refractivity contribution in [2.45, 2.75) is 30.5 Å². The van der Waals surface area contributed by atoms with Crippen molar-refractivity contribution in [2.24, 2.45) is 5.92 Å². The van der Waals surface area contributed by atoms with E-state index in [2.05, 4.69) is 22.9 Å². The number of rotatable bonds is 1. The van der Waals surface area contributed by atoms with Crippen LogP contribution in [0.25, 0.3) is 0 Å². The van der Waals surface area contributed by atoms with E-state index in [1.807, 2.05) is 29.2 Å². The average Bonchev–Trinajstić information content (AvgIpc) is 2.49. The molecule has 0 saturated carbocycles. The molecule has 1 aromatic carbocycles. The fourth-order valence-corrected chi connectivity index (χ4v) is 3.51. The number of carbonyl (C=O) groups is 1. The van der Waals surface area contributed by atoms with Gasteiger partial charge in [-0.2, -0.15) is 0 Å². The molecule has 1 aromatic rings. The molecule has 0 aromatic heterocycles. The Morgan fingerprint density at radius 2 is 2.15 bits per heavy atom. The lowest BCUT2D eigenvalue weighted by Crippen LogP contribution is -2.45. The van der Waals surface area contributed by atoms with Gasteiger partial charge >= 0.3 is 0 Å². The molecule has 0 bridgehead atoms. The van der Waals surface area contributed by atoms with E-state index in [9.17, 15) is 4.79 Å². The van der Waals surface area contributed by atoms with E-state index in [1.54, 1.807) is 0 Å². The van der Waals surface area contributed by atoms with E-state index in [0.717, 1.165) is 37.2 Å². The van der Waals surface area contributed by atoms with Crippen LogP contribution in [-0.4, -0.2) is 35.3 Å². The number of piperidine rings is 1. The SMILES string of the molecule is CC1CN(C(=O)C2CCOc3ccccc32)CCC1Br. The fourth-order valence-electron chi connectivity index (χ4n) is 3.14. The predicted molar refractivity (Wildman–Crippen MR) is 82.4 cm³/mol. The standard InChI is InChI=1S/C16H20BrNO2/c1-11-10-18(8-6-14(11)17)16(19)13-7-9-20-15-5-3-2-4-12(13)15/h2-5,11,13-14H,6-10H2,1H3. The number of halogens is 1. The number of para-hydroxylation sites is 1. The molecule has 20 heavy (non-hydrogen) atoms. The van der Waals surface area contributed by atoms with Crippen molar-refractivity contribution in [2.75, 3.05) is 19.7 Å². The van der Waals surface area contributed by atoms with Crippen LogP contribution in [0, 0.1) is 5.92 Å². The number of fused-ring (bicyclic) bond motifs is 1. The van der Waals surface area contributed by atoms with Gasteiger partial charge < -0.3 is 9.64 Å². The molecule has 2 aliphatic rings. The number of likely N-dealkylation sites (tertiary alicyclic amines) is 1. The third kappa shape index (κ3) is 2.58. The first-order chi connectivity index (χ1) is 9.66. The number of amides is 1. The average molecular weight is 338 g/mol. The maximum atomic E-state index is 12.8. The predicted octanol–water partition coefficient (Wildman–Crippen LogP) is 3.18. The Morgan fingerprint density at radius 1 is 1.35 bits per heavy atom. The normalized spacial score (nSPS) is 29.5. The van der Waals surface area contributed by atoms with Crippen molar-refractivity contribution in [3.63, 3.8) is 0 Å².